The highest BCUT2D eigenvalue weighted by molar-refractivity contribution is 6.18. The van der Waals surface area contributed by atoms with Crippen LogP contribution in [0.25, 0.3) is 0 Å². The van der Waals surface area contributed by atoms with Gasteiger partial charge in [-0.1, -0.05) is 6.92 Å². The van der Waals surface area contributed by atoms with Crippen LogP contribution in [0.1, 0.15) is 23.8 Å². The van der Waals surface area contributed by atoms with Crippen LogP contribution < -0.4 is 5.32 Å². The van der Waals surface area contributed by atoms with Crippen molar-refractivity contribution in [3.05, 3.63) is 11.9 Å². The summed E-state index contributed by atoms with van der Waals surface area (Å²) < 4.78 is 0. The standard InChI is InChI=1S/C7H11ClN4O/c1-2-5(3-8)10-7(13)6-4-9-12-11-6/h4-5H,2-3H2,1H3,(H,10,13)(H,9,11,12). The minimum absolute atomic E-state index is 0.00846. The Bertz CT molecular complexity index is 257. The van der Waals surface area contributed by atoms with E-state index < -0.39 is 0 Å². The third-order valence-electron chi connectivity index (χ3n) is 1.66. The lowest BCUT2D eigenvalue weighted by Crippen LogP contribution is -2.35. The molecule has 0 saturated carbocycles. The molecule has 0 fully saturated rings. The fourth-order valence-electron chi connectivity index (χ4n) is 0.820. The molecule has 0 aromatic carbocycles. The second kappa shape index (κ2) is 4.81. The van der Waals surface area contributed by atoms with Gasteiger partial charge in [0, 0.05) is 11.9 Å². The van der Waals surface area contributed by atoms with E-state index in [1.807, 2.05) is 6.92 Å². The molecule has 6 heteroatoms. The average molecular weight is 203 g/mol. The lowest BCUT2D eigenvalue weighted by atomic mass is 10.2. The topological polar surface area (TPSA) is 70.7 Å². The van der Waals surface area contributed by atoms with Crippen LogP contribution in [0.5, 0.6) is 0 Å². The third kappa shape index (κ3) is 2.69. The van der Waals surface area contributed by atoms with Crippen LogP contribution in [0, 0.1) is 0 Å². The SMILES string of the molecule is CCC(CCl)NC(=O)c1cn[nH]n1. The first kappa shape index (κ1) is 9.98. The molecule has 1 atom stereocenters. The zero-order valence-electron chi connectivity index (χ0n) is 7.25. The number of aromatic amines is 1. The molecule has 1 heterocycles. The van der Waals surface area contributed by atoms with Gasteiger partial charge in [-0.25, -0.2) is 0 Å². The van der Waals surface area contributed by atoms with Gasteiger partial charge in [-0.2, -0.15) is 15.4 Å². The maximum absolute atomic E-state index is 11.3. The van der Waals surface area contributed by atoms with Crippen molar-refractivity contribution in [2.75, 3.05) is 5.88 Å². The van der Waals surface area contributed by atoms with Crippen LogP contribution in [0.3, 0.4) is 0 Å². The molecular weight excluding hydrogens is 192 g/mol. The molecule has 0 bridgehead atoms. The minimum atomic E-state index is -0.249. The summed E-state index contributed by atoms with van der Waals surface area (Å²) >= 11 is 5.61. The van der Waals surface area contributed by atoms with E-state index in [-0.39, 0.29) is 17.6 Å². The van der Waals surface area contributed by atoms with Crippen LogP contribution in [0.4, 0.5) is 0 Å². The van der Waals surface area contributed by atoms with Crippen LogP contribution >= 0.6 is 11.6 Å². The number of amides is 1. The quantitative estimate of drug-likeness (QED) is 0.701. The van der Waals surface area contributed by atoms with Crippen molar-refractivity contribution in [3.63, 3.8) is 0 Å². The molecular formula is C7H11ClN4O. The predicted octanol–water partition coefficient (Wildman–Crippen LogP) is 0.552. The molecule has 1 aromatic heterocycles. The summed E-state index contributed by atoms with van der Waals surface area (Å²) in [6, 6.07) is -0.00846. The van der Waals surface area contributed by atoms with Crippen LogP contribution in [-0.4, -0.2) is 33.2 Å². The predicted molar refractivity (Wildman–Crippen MR) is 48.6 cm³/mol. The van der Waals surface area contributed by atoms with Gasteiger partial charge in [-0.05, 0) is 6.42 Å². The van der Waals surface area contributed by atoms with Crippen molar-refractivity contribution >= 4 is 17.5 Å². The van der Waals surface area contributed by atoms with Crippen molar-refractivity contribution in [2.45, 2.75) is 19.4 Å². The van der Waals surface area contributed by atoms with Gasteiger partial charge < -0.3 is 5.32 Å². The summed E-state index contributed by atoms with van der Waals surface area (Å²) in [6.07, 6.45) is 2.17. The molecule has 0 aliphatic rings. The number of H-pyrrole nitrogens is 1. The number of halogens is 1. The first-order valence-corrected chi connectivity index (χ1v) is 4.54. The molecule has 72 valence electrons. The van der Waals surface area contributed by atoms with Gasteiger partial charge in [0.2, 0.25) is 0 Å². The summed E-state index contributed by atoms with van der Waals surface area (Å²) in [4.78, 5) is 11.3. The summed E-state index contributed by atoms with van der Waals surface area (Å²) in [7, 11) is 0. The highest BCUT2D eigenvalue weighted by atomic mass is 35.5. The van der Waals surface area contributed by atoms with Gasteiger partial charge in [0.05, 0.1) is 6.20 Å². The summed E-state index contributed by atoms with van der Waals surface area (Å²) in [5.74, 6) is 0.154. The van der Waals surface area contributed by atoms with E-state index in [4.69, 9.17) is 11.6 Å². The van der Waals surface area contributed by atoms with Crippen molar-refractivity contribution in [1.82, 2.24) is 20.7 Å². The zero-order chi connectivity index (χ0) is 9.68. The Morgan fingerprint density at radius 2 is 2.62 bits per heavy atom. The Balaban J connectivity index is 2.50. The van der Waals surface area contributed by atoms with Crippen LogP contribution in [0.2, 0.25) is 0 Å². The van der Waals surface area contributed by atoms with Crippen molar-refractivity contribution in [1.29, 1.82) is 0 Å². The number of nitrogens with zero attached hydrogens (tertiary/aromatic N) is 2. The van der Waals surface area contributed by atoms with Gasteiger partial charge in [0.15, 0.2) is 5.69 Å². The molecule has 0 saturated heterocycles. The molecule has 0 aliphatic carbocycles. The van der Waals surface area contributed by atoms with E-state index >= 15 is 0 Å². The zero-order valence-corrected chi connectivity index (χ0v) is 8.01. The number of alkyl halides is 1. The largest absolute Gasteiger partial charge is 0.347 e. The number of carbonyl (C=O) groups is 1. The van der Waals surface area contributed by atoms with E-state index in [9.17, 15) is 4.79 Å². The average Bonchev–Trinajstić information content (AvgIpc) is 2.66. The number of hydrogen-bond donors (Lipinski definition) is 2. The maximum Gasteiger partial charge on any atom is 0.273 e. The molecule has 1 unspecified atom stereocenters. The molecule has 1 aromatic rings. The fourth-order valence-corrected chi connectivity index (χ4v) is 1.12. The number of hydrogen-bond acceptors (Lipinski definition) is 3. The van der Waals surface area contributed by atoms with Gasteiger partial charge >= 0.3 is 0 Å². The summed E-state index contributed by atoms with van der Waals surface area (Å²) in [5.41, 5.74) is 0.281. The normalized spacial score (nSPS) is 12.5. The number of rotatable bonds is 4. The first-order valence-electron chi connectivity index (χ1n) is 4.00. The Labute approximate surface area is 80.9 Å². The molecule has 1 amide bonds. The number of carbonyl (C=O) groups excluding carboxylic acids is 1. The van der Waals surface area contributed by atoms with E-state index in [0.717, 1.165) is 6.42 Å². The molecule has 5 nitrogen and oxygen atoms in total. The van der Waals surface area contributed by atoms with E-state index in [1.54, 1.807) is 0 Å². The van der Waals surface area contributed by atoms with Crippen molar-refractivity contribution in [2.24, 2.45) is 0 Å². The fraction of sp³-hybridized carbons (Fsp3) is 0.571. The van der Waals surface area contributed by atoms with Gasteiger partial charge in [-0.3, -0.25) is 4.79 Å². The second-order valence-electron chi connectivity index (χ2n) is 2.59. The van der Waals surface area contributed by atoms with Gasteiger partial charge in [0.1, 0.15) is 0 Å². The number of nitrogens with one attached hydrogen (secondary N) is 2. The first-order chi connectivity index (χ1) is 6.27. The minimum Gasteiger partial charge on any atom is -0.347 e. The van der Waals surface area contributed by atoms with Crippen molar-refractivity contribution in [3.8, 4) is 0 Å². The highest BCUT2D eigenvalue weighted by Crippen LogP contribution is 1.96. The monoisotopic (exact) mass is 202 g/mol. The van der Waals surface area contributed by atoms with Gasteiger partial charge in [-0.15, -0.1) is 11.6 Å². The Hall–Kier alpha value is -1.10. The number of aromatic nitrogens is 3. The van der Waals surface area contributed by atoms with Crippen LogP contribution in [0.15, 0.2) is 6.20 Å². The summed E-state index contributed by atoms with van der Waals surface area (Å²) in [5, 5.41) is 12.3. The smallest absolute Gasteiger partial charge is 0.273 e. The van der Waals surface area contributed by atoms with E-state index in [2.05, 4.69) is 20.7 Å². The second-order valence-corrected chi connectivity index (χ2v) is 2.90. The molecule has 0 spiro atoms. The Morgan fingerprint density at radius 1 is 1.85 bits per heavy atom. The molecule has 1 rings (SSSR count). The molecule has 0 radical (unpaired) electrons. The lowest BCUT2D eigenvalue weighted by molar-refractivity contribution is 0.0934. The molecule has 2 N–H and O–H groups in total. The van der Waals surface area contributed by atoms with Crippen molar-refractivity contribution < 1.29 is 4.79 Å². The Kier molecular flexibility index (Phi) is 3.70. The van der Waals surface area contributed by atoms with Crippen LogP contribution in [-0.2, 0) is 0 Å². The van der Waals surface area contributed by atoms with E-state index in [0.29, 0.717) is 5.88 Å². The molecule has 13 heavy (non-hydrogen) atoms. The molecule has 0 aliphatic heterocycles. The lowest BCUT2D eigenvalue weighted by Gasteiger charge is -2.11. The maximum atomic E-state index is 11.3. The highest BCUT2D eigenvalue weighted by Gasteiger charge is 2.12. The summed E-state index contributed by atoms with van der Waals surface area (Å²) in [6.45, 7) is 1.95. The third-order valence-corrected chi connectivity index (χ3v) is 2.03. The van der Waals surface area contributed by atoms with E-state index in [1.165, 1.54) is 6.20 Å². The Morgan fingerprint density at radius 3 is 3.08 bits per heavy atom. The van der Waals surface area contributed by atoms with Gasteiger partial charge in [0.25, 0.3) is 5.91 Å².